The quantitative estimate of drug-likeness (QED) is 0.706. The van der Waals surface area contributed by atoms with Gasteiger partial charge in [-0.15, -0.1) is 0 Å². The maximum Gasteiger partial charge on any atom is 0.0108 e. The highest BCUT2D eigenvalue weighted by atomic mass is 14.8. The Labute approximate surface area is 107 Å². The van der Waals surface area contributed by atoms with Crippen molar-refractivity contribution < 1.29 is 0 Å². The molecule has 0 spiro atoms. The van der Waals surface area contributed by atoms with Gasteiger partial charge in [0.2, 0.25) is 0 Å². The van der Waals surface area contributed by atoms with Crippen LogP contribution in [0, 0.1) is 11.8 Å². The van der Waals surface area contributed by atoms with E-state index in [1.165, 1.54) is 50.6 Å². The predicted molar refractivity (Wildman–Crippen MR) is 76.7 cm³/mol. The molecule has 0 bridgehead atoms. The summed E-state index contributed by atoms with van der Waals surface area (Å²) in [6, 6.07) is 0. The van der Waals surface area contributed by atoms with Gasteiger partial charge in [-0.1, -0.05) is 52.2 Å². The van der Waals surface area contributed by atoms with E-state index in [4.69, 9.17) is 0 Å². The van der Waals surface area contributed by atoms with Crippen molar-refractivity contribution in [1.82, 2.24) is 5.32 Å². The molecule has 0 heterocycles. The first-order valence-electron chi connectivity index (χ1n) is 7.36. The second kappa shape index (κ2) is 8.38. The van der Waals surface area contributed by atoms with Crippen molar-refractivity contribution in [1.29, 1.82) is 0 Å². The molecule has 0 aliphatic heterocycles. The third kappa shape index (κ3) is 5.95. The molecule has 1 aliphatic carbocycles. The highest BCUT2D eigenvalue weighted by Crippen LogP contribution is 2.26. The zero-order valence-corrected chi connectivity index (χ0v) is 11.8. The lowest BCUT2D eigenvalue weighted by atomic mass is 9.87. The first-order chi connectivity index (χ1) is 8.26. The lowest BCUT2D eigenvalue weighted by molar-refractivity contribution is 0.384. The van der Waals surface area contributed by atoms with Crippen molar-refractivity contribution in [3.05, 3.63) is 24.0 Å². The van der Waals surface area contributed by atoms with Gasteiger partial charge < -0.3 is 5.32 Å². The zero-order valence-electron chi connectivity index (χ0n) is 11.8. The van der Waals surface area contributed by atoms with Gasteiger partial charge in [0.25, 0.3) is 0 Å². The van der Waals surface area contributed by atoms with E-state index in [1.807, 2.05) is 0 Å². The van der Waals surface area contributed by atoms with E-state index in [0.29, 0.717) is 0 Å². The third-order valence-corrected chi connectivity index (χ3v) is 3.75. The van der Waals surface area contributed by atoms with Gasteiger partial charge >= 0.3 is 0 Å². The van der Waals surface area contributed by atoms with Crippen LogP contribution < -0.4 is 5.32 Å². The van der Waals surface area contributed by atoms with Gasteiger partial charge in [0.05, 0.1) is 0 Å². The first-order valence-corrected chi connectivity index (χ1v) is 7.36. The number of hydrogen-bond acceptors (Lipinski definition) is 1. The van der Waals surface area contributed by atoms with Crippen LogP contribution in [0.1, 0.15) is 65.7 Å². The molecule has 1 N–H and O–H groups in total. The van der Waals surface area contributed by atoms with E-state index in [2.05, 4.69) is 44.4 Å². The van der Waals surface area contributed by atoms with E-state index in [-0.39, 0.29) is 0 Å². The third-order valence-electron chi connectivity index (χ3n) is 3.75. The van der Waals surface area contributed by atoms with Crippen LogP contribution >= 0.6 is 0 Å². The Morgan fingerprint density at radius 1 is 1.35 bits per heavy atom. The van der Waals surface area contributed by atoms with E-state index >= 15 is 0 Å². The fourth-order valence-corrected chi connectivity index (χ4v) is 2.41. The smallest absolute Gasteiger partial charge is 0.0108 e. The van der Waals surface area contributed by atoms with Gasteiger partial charge in [0.1, 0.15) is 0 Å². The molecule has 1 heteroatoms. The number of allylic oxidation sites excluding steroid dienone is 3. The molecule has 1 rings (SSSR count). The molecule has 1 nitrogen and oxygen atoms in total. The Morgan fingerprint density at radius 2 is 2.18 bits per heavy atom. The van der Waals surface area contributed by atoms with Crippen LogP contribution in [-0.4, -0.2) is 0 Å². The van der Waals surface area contributed by atoms with Crippen molar-refractivity contribution in [2.24, 2.45) is 11.8 Å². The standard InChI is InChI=1S/C16H29N/c1-4-6-7-12-17-16-11-10-15(5-2)9-8-14(3)13-16/h7,11-12,14-15,17H,4-6,8-10,13H2,1-3H3/b12-7-,16-11+. The number of hydrogen-bond donors (Lipinski definition) is 1. The summed E-state index contributed by atoms with van der Waals surface area (Å²) in [5.74, 6) is 1.72. The summed E-state index contributed by atoms with van der Waals surface area (Å²) in [5.41, 5.74) is 1.43. The molecule has 0 aromatic rings. The Hall–Kier alpha value is -0.720. The van der Waals surface area contributed by atoms with Gasteiger partial charge in [-0.2, -0.15) is 0 Å². The maximum absolute atomic E-state index is 3.48. The molecule has 0 aromatic carbocycles. The van der Waals surface area contributed by atoms with Crippen LogP contribution in [0.4, 0.5) is 0 Å². The molecule has 0 radical (unpaired) electrons. The van der Waals surface area contributed by atoms with Crippen molar-refractivity contribution >= 4 is 0 Å². The topological polar surface area (TPSA) is 12.0 Å². The minimum absolute atomic E-state index is 0.822. The molecule has 17 heavy (non-hydrogen) atoms. The summed E-state index contributed by atoms with van der Waals surface area (Å²) in [6.45, 7) is 6.91. The summed E-state index contributed by atoms with van der Waals surface area (Å²) in [4.78, 5) is 0. The Kier molecular flexibility index (Phi) is 7.07. The number of rotatable bonds is 5. The molecule has 0 aromatic heterocycles. The Morgan fingerprint density at radius 3 is 2.88 bits per heavy atom. The maximum atomic E-state index is 3.48. The summed E-state index contributed by atoms with van der Waals surface area (Å²) in [6.07, 6.45) is 15.8. The fourth-order valence-electron chi connectivity index (χ4n) is 2.41. The zero-order chi connectivity index (χ0) is 12.5. The highest BCUT2D eigenvalue weighted by Gasteiger charge is 2.13. The number of unbranched alkanes of at least 4 members (excludes halogenated alkanes) is 1. The lowest BCUT2D eigenvalue weighted by Crippen LogP contribution is -2.13. The van der Waals surface area contributed by atoms with Crippen molar-refractivity contribution in [2.75, 3.05) is 0 Å². The van der Waals surface area contributed by atoms with Crippen molar-refractivity contribution in [3.63, 3.8) is 0 Å². The summed E-state index contributed by atoms with van der Waals surface area (Å²) in [5, 5.41) is 3.48. The predicted octanol–water partition coefficient (Wildman–Crippen LogP) is 5.01. The average molecular weight is 235 g/mol. The molecule has 2 unspecified atom stereocenters. The number of nitrogens with one attached hydrogen (secondary N) is 1. The van der Waals surface area contributed by atoms with Crippen molar-refractivity contribution in [2.45, 2.75) is 65.7 Å². The molecule has 0 amide bonds. The van der Waals surface area contributed by atoms with Gasteiger partial charge in [0, 0.05) is 5.70 Å². The SMILES string of the molecule is CCC/C=C\N/C1=C/CC(CC)CCC(C)C1. The minimum atomic E-state index is 0.822. The fraction of sp³-hybridized carbons (Fsp3) is 0.750. The first kappa shape index (κ1) is 14.3. The van der Waals surface area contributed by atoms with Crippen LogP contribution in [0.25, 0.3) is 0 Å². The molecule has 98 valence electrons. The lowest BCUT2D eigenvalue weighted by Gasteiger charge is -2.22. The van der Waals surface area contributed by atoms with E-state index in [9.17, 15) is 0 Å². The molecular weight excluding hydrogens is 206 g/mol. The van der Waals surface area contributed by atoms with Crippen LogP contribution in [0.5, 0.6) is 0 Å². The van der Waals surface area contributed by atoms with Gasteiger partial charge in [-0.25, -0.2) is 0 Å². The van der Waals surface area contributed by atoms with Crippen molar-refractivity contribution in [3.8, 4) is 0 Å². The Balaban J connectivity index is 2.48. The molecular formula is C16H29N. The van der Waals surface area contributed by atoms with Gasteiger partial charge in [0.15, 0.2) is 0 Å². The average Bonchev–Trinajstić information content (AvgIpc) is 2.31. The molecule has 0 fully saturated rings. The largest absolute Gasteiger partial charge is 0.366 e. The van der Waals surface area contributed by atoms with Crippen LogP contribution in [0.3, 0.4) is 0 Å². The minimum Gasteiger partial charge on any atom is -0.366 e. The normalized spacial score (nSPS) is 29.5. The van der Waals surface area contributed by atoms with Crippen LogP contribution in [0.2, 0.25) is 0 Å². The van der Waals surface area contributed by atoms with Crippen LogP contribution in [-0.2, 0) is 0 Å². The highest BCUT2D eigenvalue weighted by molar-refractivity contribution is 5.06. The van der Waals surface area contributed by atoms with E-state index in [1.54, 1.807) is 0 Å². The van der Waals surface area contributed by atoms with E-state index in [0.717, 1.165) is 11.8 Å². The Bertz CT molecular complexity index is 252. The van der Waals surface area contributed by atoms with Gasteiger partial charge in [-0.05, 0) is 43.7 Å². The molecule has 2 atom stereocenters. The molecule has 1 aliphatic rings. The molecule has 0 saturated heterocycles. The monoisotopic (exact) mass is 235 g/mol. The summed E-state index contributed by atoms with van der Waals surface area (Å²) in [7, 11) is 0. The summed E-state index contributed by atoms with van der Waals surface area (Å²) >= 11 is 0. The molecule has 0 saturated carbocycles. The summed E-state index contributed by atoms with van der Waals surface area (Å²) < 4.78 is 0. The van der Waals surface area contributed by atoms with Crippen LogP contribution in [0.15, 0.2) is 24.0 Å². The second-order valence-corrected chi connectivity index (χ2v) is 5.46. The van der Waals surface area contributed by atoms with Gasteiger partial charge in [-0.3, -0.25) is 0 Å². The van der Waals surface area contributed by atoms with E-state index < -0.39 is 0 Å². The second-order valence-electron chi connectivity index (χ2n) is 5.46.